The Morgan fingerprint density at radius 3 is 1.34 bits per heavy atom. The van der Waals surface area contributed by atoms with Gasteiger partial charge in [-0.05, 0) is 24.3 Å². The molecule has 0 spiro atoms. The average molecular weight is 424 g/mol. The van der Waals surface area contributed by atoms with Gasteiger partial charge in [-0.1, -0.05) is 36.4 Å². The molecule has 0 saturated heterocycles. The first-order valence-electron chi connectivity index (χ1n) is 9.79. The highest BCUT2D eigenvalue weighted by Gasteiger charge is 2.33. The topological polar surface area (TPSA) is 124 Å². The van der Waals surface area contributed by atoms with Crippen molar-refractivity contribution in [3.8, 4) is 0 Å². The fraction of sp³-hybridized carbons (Fsp3) is 0. The van der Waals surface area contributed by atoms with E-state index in [1.165, 1.54) is 12.2 Å². The molecule has 4 heterocycles. The van der Waals surface area contributed by atoms with Crippen molar-refractivity contribution in [2.75, 3.05) is 0 Å². The summed E-state index contributed by atoms with van der Waals surface area (Å²) in [5.41, 5.74) is 3.86. The first kappa shape index (κ1) is 19.3. The molecule has 0 aliphatic carbocycles. The summed E-state index contributed by atoms with van der Waals surface area (Å²) in [7, 11) is 0. The predicted molar refractivity (Wildman–Crippen MR) is 119 cm³/mol. The number of fused-ring (bicyclic) bond motifs is 2. The molecule has 4 amide bonds. The van der Waals surface area contributed by atoms with Crippen molar-refractivity contribution >= 4 is 56.6 Å². The molecule has 0 radical (unpaired) electrons. The van der Waals surface area contributed by atoms with Crippen molar-refractivity contribution in [2.45, 2.75) is 0 Å². The van der Waals surface area contributed by atoms with Gasteiger partial charge in [0.25, 0.3) is 23.6 Å². The molecule has 4 N–H and O–H groups in total. The number of benzene rings is 2. The van der Waals surface area contributed by atoms with Crippen LogP contribution in [0.2, 0.25) is 0 Å². The Balaban J connectivity index is 0.000000265. The number of hydrogen-bond donors (Lipinski definition) is 4. The van der Waals surface area contributed by atoms with Gasteiger partial charge in [0.2, 0.25) is 0 Å². The smallest absolute Gasteiger partial charge is 0.261 e. The Hall–Kier alpha value is -4.72. The SMILES string of the molecule is O=C1C=CC(=O)N1.O=C1NC(=O)C(c2cc3ccccc3[nH]2)=C1c1cc2ccccc2[nH]1. The van der Waals surface area contributed by atoms with Crippen molar-refractivity contribution in [1.29, 1.82) is 0 Å². The van der Waals surface area contributed by atoms with Crippen molar-refractivity contribution in [3.05, 3.63) is 84.2 Å². The molecule has 8 nitrogen and oxygen atoms in total. The van der Waals surface area contributed by atoms with E-state index in [1.807, 2.05) is 66.0 Å². The van der Waals surface area contributed by atoms with Crippen LogP contribution in [0.15, 0.2) is 72.8 Å². The van der Waals surface area contributed by atoms with Crippen LogP contribution in [-0.2, 0) is 19.2 Å². The summed E-state index contributed by atoms with van der Waals surface area (Å²) in [6.07, 6.45) is 2.39. The Morgan fingerprint density at radius 2 is 0.969 bits per heavy atom. The van der Waals surface area contributed by atoms with E-state index in [1.54, 1.807) is 0 Å². The molecule has 2 aliphatic rings. The number of aromatic amines is 2. The predicted octanol–water partition coefficient (Wildman–Crippen LogP) is 2.42. The molecule has 8 heteroatoms. The summed E-state index contributed by atoms with van der Waals surface area (Å²) in [4.78, 5) is 51.4. The molecule has 0 bridgehead atoms. The number of hydrogen-bond acceptors (Lipinski definition) is 4. The van der Waals surface area contributed by atoms with Gasteiger partial charge in [0.15, 0.2) is 0 Å². The number of para-hydroxylation sites is 2. The van der Waals surface area contributed by atoms with E-state index in [-0.39, 0.29) is 23.6 Å². The zero-order valence-corrected chi connectivity index (χ0v) is 16.6. The number of H-pyrrole nitrogens is 2. The van der Waals surface area contributed by atoms with Crippen LogP contribution in [0.4, 0.5) is 0 Å². The monoisotopic (exact) mass is 424 g/mol. The van der Waals surface area contributed by atoms with Gasteiger partial charge in [0.1, 0.15) is 0 Å². The third-order valence-electron chi connectivity index (χ3n) is 5.16. The normalized spacial score (nSPS) is 15.4. The van der Waals surface area contributed by atoms with E-state index < -0.39 is 0 Å². The van der Waals surface area contributed by atoms with Gasteiger partial charge in [-0.3, -0.25) is 29.8 Å². The third kappa shape index (κ3) is 3.39. The molecule has 0 atom stereocenters. The first-order chi connectivity index (χ1) is 15.5. The minimum absolute atomic E-state index is 0.329. The molecule has 0 unspecified atom stereocenters. The van der Waals surface area contributed by atoms with Gasteiger partial charge in [0.05, 0.1) is 22.5 Å². The Kier molecular flexibility index (Phi) is 4.52. The summed E-state index contributed by atoms with van der Waals surface area (Å²) in [5.74, 6) is -1.43. The van der Waals surface area contributed by atoms with Crippen LogP contribution in [-0.4, -0.2) is 33.6 Å². The number of aromatic nitrogens is 2. The highest BCUT2D eigenvalue weighted by Crippen LogP contribution is 2.33. The van der Waals surface area contributed by atoms with E-state index in [9.17, 15) is 19.2 Å². The molecule has 32 heavy (non-hydrogen) atoms. The summed E-state index contributed by atoms with van der Waals surface area (Å²) in [6.45, 7) is 0. The lowest BCUT2D eigenvalue weighted by molar-refractivity contribution is -0.124. The van der Waals surface area contributed by atoms with Crippen LogP contribution in [0.1, 0.15) is 11.4 Å². The zero-order chi connectivity index (χ0) is 22.2. The van der Waals surface area contributed by atoms with Crippen molar-refractivity contribution in [1.82, 2.24) is 20.6 Å². The quantitative estimate of drug-likeness (QED) is 0.369. The minimum atomic E-state index is -0.384. The lowest BCUT2D eigenvalue weighted by atomic mass is 10.0. The van der Waals surface area contributed by atoms with E-state index >= 15 is 0 Å². The third-order valence-corrected chi connectivity index (χ3v) is 5.16. The average Bonchev–Trinajstić information content (AvgIpc) is 3.52. The van der Waals surface area contributed by atoms with E-state index in [2.05, 4.69) is 15.3 Å². The van der Waals surface area contributed by atoms with Gasteiger partial charge in [0, 0.05) is 34.0 Å². The number of amides is 4. The Labute approximate surface area is 181 Å². The highest BCUT2D eigenvalue weighted by molar-refractivity contribution is 6.49. The van der Waals surface area contributed by atoms with Gasteiger partial charge in [-0.15, -0.1) is 0 Å². The molecule has 4 aromatic rings. The maximum atomic E-state index is 12.4. The van der Waals surface area contributed by atoms with Crippen LogP contribution < -0.4 is 10.6 Å². The van der Waals surface area contributed by atoms with Crippen LogP contribution >= 0.6 is 0 Å². The van der Waals surface area contributed by atoms with Gasteiger partial charge >= 0.3 is 0 Å². The van der Waals surface area contributed by atoms with Crippen LogP contribution in [0, 0.1) is 0 Å². The van der Waals surface area contributed by atoms with E-state index in [4.69, 9.17) is 0 Å². The van der Waals surface area contributed by atoms with Gasteiger partial charge in [-0.25, -0.2) is 0 Å². The lowest BCUT2D eigenvalue weighted by Gasteiger charge is -2.00. The maximum absolute atomic E-state index is 12.4. The van der Waals surface area contributed by atoms with Crippen LogP contribution in [0.25, 0.3) is 33.0 Å². The second-order valence-corrected chi connectivity index (χ2v) is 7.26. The number of carbonyl (C=O) groups is 4. The fourth-order valence-corrected chi connectivity index (χ4v) is 3.74. The molecular weight excluding hydrogens is 408 g/mol. The zero-order valence-electron chi connectivity index (χ0n) is 16.6. The van der Waals surface area contributed by atoms with Crippen molar-refractivity contribution in [3.63, 3.8) is 0 Å². The second-order valence-electron chi connectivity index (χ2n) is 7.26. The second kappa shape index (κ2) is 7.51. The summed E-state index contributed by atoms with van der Waals surface area (Å²) < 4.78 is 0. The molecule has 0 saturated carbocycles. The number of imide groups is 2. The summed E-state index contributed by atoms with van der Waals surface area (Å²) >= 11 is 0. The fourth-order valence-electron chi connectivity index (χ4n) is 3.74. The molecular formula is C24H16N4O4. The molecule has 156 valence electrons. The standard InChI is InChI=1S/C20H13N3O2.C4H3NO2/c24-19-17(15-9-11-5-1-3-7-13(11)21-15)18(20(25)23-19)16-10-12-6-2-4-8-14(12)22-16;6-3-1-2-4(7)5-3/h1-10,21-22H,(H,23,24,25);1-2H,(H,5,6,7). The number of rotatable bonds is 2. The Bertz CT molecular complexity index is 1330. The lowest BCUT2D eigenvalue weighted by Crippen LogP contribution is -2.22. The van der Waals surface area contributed by atoms with E-state index in [0.29, 0.717) is 22.5 Å². The van der Waals surface area contributed by atoms with E-state index in [0.717, 1.165) is 21.8 Å². The molecule has 0 fully saturated rings. The maximum Gasteiger partial charge on any atom is 0.261 e. The largest absolute Gasteiger partial charge is 0.354 e. The summed E-state index contributed by atoms with van der Waals surface area (Å²) in [5, 5.41) is 6.43. The molecule has 2 aliphatic heterocycles. The molecule has 2 aromatic carbocycles. The van der Waals surface area contributed by atoms with Crippen LogP contribution in [0.3, 0.4) is 0 Å². The van der Waals surface area contributed by atoms with Crippen molar-refractivity contribution in [2.24, 2.45) is 0 Å². The molecule has 2 aromatic heterocycles. The van der Waals surface area contributed by atoms with Gasteiger partial charge in [-0.2, -0.15) is 0 Å². The first-order valence-corrected chi connectivity index (χ1v) is 9.79. The van der Waals surface area contributed by atoms with Crippen LogP contribution in [0.5, 0.6) is 0 Å². The number of nitrogens with one attached hydrogen (secondary N) is 4. The number of carbonyl (C=O) groups excluding carboxylic acids is 4. The molecule has 6 rings (SSSR count). The highest BCUT2D eigenvalue weighted by atomic mass is 16.2. The Morgan fingerprint density at radius 1 is 0.531 bits per heavy atom. The minimum Gasteiger partial charge on any atom is -0.354 e. The van der Waals surface area contributed by atoms with Crippen molar-refractivity contribution < 1.29 is 19.2 Å². The van der Waals surface area contributed by atoms with Gasteiger partial charge < -0.3 is 9.97 Å². The summed E-state index contributed by atoms with van der Waals surface area (Å²) in [6, 6.07) is 19.3.